The van der Waals surface area contributed by atoms with Crippen LogP contribution in [0.5, 0.6) is 0 Å². The SMILES string of the molecule is CNc1ccc(-c2ccccc2F)nc1C(=O)Nc1cnccc1-c1cc[nH]c(=O)c1. The Morgan fingerprint density at radius 3 is 2.65 bits per heavy atom. The molecule has 8 heteroatoms. The highest BCUT2D eigenvalue weighted by molar-refractivity contribution is 6.08. The quantitative estimate of drug-likeness (QED) is 0.459. The number of amides is 1. The Hall–Kier alpha value is -4.33. The van der Waals surface area contributed by atoms with E-state index in [9.17, 15) is 14.0 Å². The highest BCUT2D eigenvalue weighted by atomic mass is 19.1. The average molecular weight is 415 g/mol. The lowest BCUT2D eigenvalue weighted by Crippen LogP contribution is -2.17. The Labute approximate surface area is 177 Å². The van der Waals surface area contributed by atoms with E-state index in [2.05, 4.69) is 25.6 Å². The molecule has 0 spiro atoms. The van der Waals surface area contributed by atoms with E-state index in [0.717, 1.165) is 0 Å². The largest absolute Gasteiger partial charge is 0.386 e. The molecule has 154 valence electrons. The molecule has 0 aliphatic rings. The Balaban J connectivity index is 1.72. The van der Waals surface area contributed by atoms with Crippen LogP contribution < -0.4 is 16.2 Å². The molecule has 3 N–H and O–H groups in total. The van der Waals surface area contributed by atoms with Crippen molar-refractivity contribution in [3.63, 3.8) is 0 Å². The van der Waals surface area contributed by atoms with E-state index in [0.29, 0.717) is 33.8 Å². The van der Waals surface area contributed by atoms with Crippen LogP contribution in [0.15, 0.2) is 78.0 Å². The Kier molecular flexibility index (Phi) is 5.53. The van der Waals surface area contributed by atoms with Gasteiger partial charge in [-0.15, -0.1) is 0 Å². The van der Waals surface area contributed by atoms with Crippen LogP contribution in [0.3, 0.4) is 0 Å². The third-order valence-corrected chi connectivity index (χ3v) is 4.68. The number of benzene rings is 1. The first-order valence-corrected chi connectivity index (χ1v) is 9.45. The molecule has 3 heterocycles. The molecule has 0 atom stereocenters. The Morgan fingerprint density at radius 2 is 1.87 bits per heavy atom. The molecule has 31 heavy (non-hydrogen) atoms. The molecule has 0 fully saturated rings. The number of hydrogen-bond donors (Lipinski definition) is 3. The molecule has 0 bridgehead atoms. The molecule has 1 aromatic carbocycles. The monoisotopic (exact) mass is 415 g/mol. The molecule has 1 amide bonds. The number of nitrogens with zero attached hydrogens (tertiary/aromatic N) is 2. The molecule has 3 aromatic heterocycles. The molecule has 4 rings (SSSR count). The van der Waals surface area contributed by atoms with Crippen molar-refractivity contribution in [1.29, 1.82) is 0 Å². The maximum absolute atomic E-state index is 14.2. The highest BCUT2D eigenvalue weighted by Crippen LogP contribution is 2.28. The van der Waals surface area contributed by atoms with Gasteiger partial charge < -0.3 is 15.6 Å². The summed E-state index contributed by atoms with van der Waals surface area (Å²) in [5.41, 5.74) is 2.63. The van der Waals surface area contributed by atoms with Gasteiger partial charge in [-0.25, -0.2) is 9.37 Å². The number of carbonyl (C=O) groups excluding carboxylic acids is 1. The van der Waals surface area contributed by atoms with Gasteiger partial charge in [-0.05, 0) is 42.0 Å². The van der Waals surface area contributed by atoms with E-state index in [1.165, 1.54) is 24.5 Å². The second-order valence-corrected chi connectivity index (χ2v) is 6.64. The number of hydrogen-bond acceptors (Lipinski definition) is 5. The predicted octanol–water partition coefficient (Wildman–Crippen LogP) is 3.93. The normalized spacial score (nSPS) is 10.5. The van der Waals surface area contributed by atoms with Gasteiger partial charge in [-0.3, -0.25) is 14.6 Å². The van der Waals surface area contributed by atoms with Gasteiger partial charge in [0.05, 0.1) is 23.3 Å². The average Bonchev–Trinajstić information content (AvgIpc) is 2.79. The number of H-pyrrole nitrogens is 1. The van der Waals surface area contributed by atoms with Crippen LogP contribution in [0.25, 0.3) is 22.4 Å². The van der Waals surface area contributed by atoms with Crippen molar-refractivity contribution in [2.75, 3.05) is 17.7 Å². The van der Waals surface area contributed by atoms with Crippen LogP contribution in [0.1, 0.15) is 10.5 Å². The van der Waals surface area contributed by atoms with Crippen molar-refractivity contribution in [1.82, 2.24) is 15.0 Å². The van der Waals surface area contributed by atoms with Gasteiger partial charge in [0.25, 0.3) is 5.91 Å². The standard InChI is InChI=1S/C23H18FN5O2/c1-25-19-7-6-18(16-4-2-3-5-17(16)24)28-22(19)23(31)29-20-13-26-10-9-15(20)14-8-11-27-21(30)12-14/h2-13,25H,1H3,(H,27,30)(H,29,31). The van der Waals surface area contributed by atoms with Crippen molar-refractivity contribution in [2.45, 2.75) is 0 Å². The van der Waals surface area contributed by atoms with Crippen molar-refractivity contribution >= 4 is 17.3 Å². The maximum Gasteiger partial charge on any atom is 0.276 e. The number of anilines is 2. The van der Waals surface area contributed by atoms with Crippen LogP contribution in [-0.4, -0.2) is 27.9 Å². The third-order valence-electron chi connectivity index (χ3n) is 4.68. The van der Waals surface area contributed by atoms with E-state index >= 15 is 0 Å². The summed E-state index contributed by atoms with van der Waals surface area (Å²) in [5, 5.41) is 5.73. The van der Waals surface area contributed by atoms with E-state index in [1.807, 2.05) is 0 Å². The lowest BCUT2D eigenvalue weighted by Gasteiger charge is -2.13. The van der Waals surface area contributed by atoms with Gasteiger partial charge in [0, 0.05) is 36.6 Å². The van der Waals surface area contributed by atoms with Crippen LogP contribution in [-0.2, 0) is 0 Å². The smallest absolute Gasteiger partial charge is 0.276 e. The molecule has 7 nitrogen and oxygen atoms in total. The minimum Gasteiger partial charge on any atom is -0.386 e. The molecule has 4 aromatic rings. The summed E-state index contributed by atoms with van der Waals surface area (Å²) in [6, 6.07) is 14.4. The summed E-state index contributed by atoms with van der Waals surface area (Å²) in [6.45, 7) is 0. The fourth-order valence-electron chi connectivity index (χ4n) is 3.19. The van der Waals surface area contributed by atoms with Gasteiger partial charge >= 0.3 is 0 Å². The number of pyridine rings is 3. The number of aromatic amines is 1. The van der Waals surface area contributed by atoms with Gasteiger partial charge in [-0.2, -0.15) is 0 Å². The molecular weight excluding hydrogens is 397 g/mol. The minimum absolute atomic E-state index is 0.101. The highest BCUT2D eigenvalue weighted by Gasteiger charge is 2.18. The van der Waals surface area contributed by atoms with Gasteiger partial charge in [0.15, 0.2) is 5.69 Å². The minimum atomic E-state index is -0.498. The predicted molar refractivity (Wildman–Crippen MR) is 117 cm³/mol. The maximum atomic E-state index is 14.2. The first kappa shape index (κ1) is 20.0. The zero-order valence-corrected chi connectivity index (χ0v) is 16.5. The molecule has 0 aliphatic carbocycles. The summed E-state index contributed by atoms with van der Waals surface area (Å²) in [7, 11) is 1.67. The van der Waals surface area contributed by atoms with Crippen molar-refractivity contribution in [2.24, 2.45) is 0 Å². The summed E-state index contributed by atoms with van der Waals surface area (Å²) < 4.78 is 14.2. The van der Waals surface area contributed by atoms with E-state index in [1.54, 1.807) is 55.7 Å². The lowest BCUT2D eigenvalue weighted by atomic mass is 10.1. The zero-order chi connectivity index (χ0) is 21.8. The molecule has 0 unspecified atom stereocenters. The van der Waals surface area contributed by atoms with Gasteiger partial charge in [-0.1, -0.05) is 12.1 Å². The van der Waals surface area contributed by atoms with Crippen molar-refractivity contribution in [3.05, 3.63) is 95.1 Å². The number of rotatable bonds is 5. The van der Waals surface area contributed by atoms with Crippen molar-refractivity contribution in [3.8, 4) is 22.4 Å². The molecule has 0 saturated heterocycles. The summed E-state index contributed by atoms with van der Waals surface area (Å²) in [4.78, 5) is 35.8. The number of aromatic nitrogens is 3. The summed E-state index contributed by atoms with van der Waals surface area (Å²) in [5.74, 6) is -0.927. The van der Waals surface area contributed by atoms with E-state index < -0.39 is 11.7 Å². The van der Waals surface area contributed by atoms with Gasteiger partial charge in [0.2, 0.25) is 5.56 Å². The molecule has 0 radical (unpaired) electrons. The molecule has 0 aliphatic heterocycles. The third kappa shape index (κ3) is 4.18. The Bertz CT molecular complexity index is 1320. The molecule has 0 saturated carbocycles. The fourth-order valence-corrected chi connectivity index (χ4v) is 3.19. The lowest BCUT2D eigenvalue weighted by molar-refractivity contribution is 0.102. The molecular formula is C23H18FN5O2. The van der Waals surface area contributed by atoms with E-state index in [-0.39, 0.29) is 11.3 Å². The second-order valence-electron chi connectivity index (χ2n) is 6.64. The van der Waals surface area contributed by atoms with Crippen LogP contribution in [0.4, 0.5) is 15.8 Å². The number of carbonyl (C=O) groups is 1. The van der Waals surface area contributed by atoms with Crippen molar-refractivity contribution < 1.29 is 9.18 Å². The second kappa shape index (κ2) is 8.58. The fraction of sp³-hybridized carbons (Fsp3) is 0.0435. The zero-order valence-electron chi connectivity index (χ0n) is 16.5. The van der Waals surface area contributed by atoms with E-state index in [4.69, 9.17) is 0 Å². The van der Waals surface area contributed by atoms with Crippen LogP contribution in [0.2, 0.25) is 0 Å². The first-order chi connectivity index (χ1) is 15.1. The first-order valence-electron chi connectivity index (χ1n) is 9.45. The Morgan fingerprint density at radius 1 is 1.03 bits per heavy atom. The van der Waals surface area contributed by atoms with Crippen LogP contribution >= 0.6 is 0 Å². The topological polar surface area (TPSA) is 99.8 Å². The van der Waals surface area contributed by atoms with Gasteiger partial charge in [0.1, 0.15) is 5.82 Å². The van der Waals surface area contributed by atoms with Crippen LogP contribution in [0, 0.1) is 5.82 Å². The summed E-state index contributed by atoms with van der Waals surface area (Å²) in [6.07, 6.45) is 4.60. The number of nitrogens with one attached hydrogen (secondary N) is 3. The number of halogens is 1. The summed E-state index contributed by atoms with van der Waals surface area (Å²) >= 11 is 0.